The Morgan fingerprint density at radius 2 is 2.05 bits per heavy atom. The molecule has 0 radical (unpaired) electrons. The van der Waals surface area contributed by atoms with E-state index in [9.17, 15) is 0 Å². The second-order valence-corrected chi connectivity index (χ2v) is 6.65. The minimum atomic E-state index is -0.226. The lowest BCUT2D eigenvalue weighted by atomic mass is 10.0. The van der Waals surface area contributed by atoms with Crippen LogP contribution in [0.15, 0.2) is 33.3 Å². The summed E-state index contributed by atoms with van der Waals surface area (Å²) in [6, 6.07) is 7.89. The Balaban J connectivity index is 1.86. The molecule has 5 nitrogen and oxygen atoms in total. The molecule has 0 spiro atoms. The number of nitrogens with one attached hydrogen (secondary N) is 1. The first-order valence-corrected chi connectivity index (χ1v) is 7.92. The maximum Gasteiger partial charge on any atom is 0.258 e. The summed E-state index contributed by atoms with van der Waals surface area (Å²) in [7, 11) is 0. The fourth-order valence-corrected chi connectivity index (χ4v) is 2.98. The van der Waals surface area contributed by atoms with Gasteiger partial charge in [0.25, 0.3) is 5.89 Å². The quantitative estimate of drug-likeness (QED) is 0.921. The number of nitrogens with zero attached hydrogens (tertiary/aromatic N) is 3. The largest absolute Gasteiger partial charge is 0.334 e. The van der Waals surface area contributed by atoms with Crippen molar-refractivity contribution in [1.29, 1.82) is 0 Å². The van der Waals surface area contributed by atoms with Gasteiger partial charge in [0.15, 0.2) is 5.82 Å². The number of piperazine rings is 1. The van der Waals surface area contributed by atoms with Gasteiger partial charge < -0.3 is 9.84 Å². The molecule has 0 aliphatic carbocycles. The van der Waals surface area contributed by atoms with E-state index in [1.54, 1.807) is 0 Å². The zero-order chi connectivity index (χ0) is 14.9. The standard InChI is InChI=1S/C15H19BrN4O/c1-15(2,20-8-6-17-7-9-20)14-18-13(21-19-14)11-4-3-5-12(16)10-11/h3-5,10,17H,6-9H2,1-2H3. The molecule has 0 amide bonds. The molecule has 21 heavy (non-hydrogen) atoms. The first-order valence-electron chi connectivity index (χ1n) is 7.13. The maximum atomic E-state index is 5.46. The molecule has 0 atom stereocenters. The lowest BCUT2D eigenvalue weighted by Crippen LogP contribution is -2.52. The smallest absolute Gasteiger partial charge is 0.258 e. The van der Waals surface area contributed by atoms with E-state index in [4.69, 9.17) is 4.52 Å². The summed E-state index contributed by atoms with van der Waals surface area (Å²) in [6.45, 7) is 8.28. The average molecular weight is 351 g/mol. The van der Waals surface area contributed by atoms with Crippen LogP contribution in [0.1, 0.15) is 19.7 Å². The summed E-state index contributed by atoms with van der Waals surface area (Å²) < 4.78 is 6.46. The van der Waals surface area contributed by atoms with Crippen LogP contribution in [0, 0.1) is 0 Å². The highest BCUT2D eigenvalue weighted by Crippen LogP contribution is 2.28. The normalized spacial score (nSPS) is 17.1. The van der Waals surface area contributed by atoms with Gasteiger partial charge in [0, 0.05) is 36.2 Å². The van der Waals surface area contributed by atoms with Crippen LogP contribution in [-0.4, -0.2) is 41.2 Å². The predicted octanol–water partition coefficient (Wildman–Crippen LogP) is 2.64. The third kappa shape index (κ3) is 3.02. The van der Waals surface area contributed by atoms with E-state index in [-0.39, 0.29) is 5.54 Å². The van der Waals surface area contributed by atoms with Gasteiger partial charge in [0.2, 0.25) is 0 Å². The van der Waals surface area contributed by atoms with Gasteiger partial charge in [-0.15, -0.1) is 0 Å². The van der Waals surface area contributed by atoms with E-state index in [2.05, 4.69) is 50.1 Å². The Bertz CT molecular complexity index is 620. The first kappa shape index (κ1) is 14.7. The highest BCUT2D eigenvalue weighted by atomic mass is 79.9. The Morgan fingerprint density at radius 1 is 1.29 bits per heavy atom. The topological polar surface area (TPSA) is 54.2 Å². The minimum absolute atomic E-state index is 0.226. The summed E-state index contributed by atoms with van der Waals surface area (Å²) in [5.41, 5.74) is 0.704. The molecule has 0 unspecified atom stereocenters. The van der Waals surface area contributed by atoms with E-state index in [0.717, 1.165) is 42.0 Å². The van der Waals surface area contributed by atoms with Crippen LogP contribution in [0.4, 0.5) is 0 Å². The summed E-state index contributed by atoms with van der Waals surface area (Å²) in [5, 5.41) is 7.57. The molecule has 1 saturated heterocycles. The molecule has 1 aliphatic heterocycles. The SMILES string of the molecule is CC(C)(c1noc(-c2cccc(Br)c2)n1)N1CCNCC1. The molecule has 1 aromatic heterocycles. The van der Waals surface area contributed by atoms with E-state index in [1.165, 1.54) is 0 Å². The fraction of sp³-hybridized carbons (Fsp3) is 0.467. The molecule has 1 aromatic carbocycles. The second-order valence-electron chi connectivity index (χ2n) is 5.73. The zero-order valence-electron chi connectivity index (χ0n) is 12.3. The van der Waals surface area contributed by atoms with Gasteiger partial charge in [-0.3, -0.25) is 4.90 Å². The average Bonchev–Trinajstić information content (AvgIpc) is 2.99. The molecular formula is C15H19BrN4O. The molecule has 0 saturated carbocycles. The van der Waals surface area contributed by atoms with Crippen LogP contribution >= 0.6 is 15.9 Å². The van der Waals surface area contributed by atoms with Gasteiger partial charge >= 0.3 is 0 Å². The number of rotatable bonds is 3. The highest BCUT2D eigenvalue weighted by Gasteiger charge is 2.34. The number of aromatic nitrogens is 2. The molecule has 0 bridgehead atoms. The molecule has 112 valence electrons. The molecule has 6 heteroatoms. The van der Waals surface area contributed by atoms with Crippen LogP contribution in [-0.2, 0) is 5.54 Å². The fourth-order valence-electron chi connectivity index (χ4n) is 2.58. The van der Waals surface area contributed by atoms with Crippen LogP contribution in [0.25, 0.3) is 11.5 Å². The van der Waals surface area contributed by atoms with Gasteiger partial charge in [-0.25, -0.2) is 0 Å². The summed E-state index contributed by atoms with van der Waals surface area (Å²) in [6.07, 6.45) is 0. The van der Waals surface area contributed by atoms with Crippen LogP contribution < -0.4 is 5.32 Å². The van der Waals surface area contributed by atoms with Crippen molar-refractivity contribution in [3.8, 4) is 11.5 Å². The number of hydrogen-bond donors (Lipinski definition) is 1. The molecule has 1 aliphatic rings. The summed E-state index contributed by atoms with van der Waals surface area (Å²) in [4.78, 5) is 7.00. The van der Waals surface area contributed by atoms with E-state index in [0.29, 0.717) is 5.89 Å². The van der Waals surface area contributed by atoms with Gasteiger partial charge in [-0.05, 0) is 32.0 Å². The van der Waals surface area contributed by atoms with Crippen molar-refractivity contribution in [2.75, 3.05) is 26.2 Å². The Labute approximate surface area is 132 Å². The van der Waals surface area contributed by atoms with Gasteiger partial charge in [0.05, 0.1) is 5.54 Å². The van der Waals surface area contributed by atoms with Gasteiger partial charge in [-0.2, -0.15) is 4.98 Å². The third-order valence-corrected chi connectivity index (χ3v) is 4.45. The van der Waals surface area contributed by atoms with Crippen molar-refractivity contribution in [3.63, 3.8) is 0 Å². The van der Waals surface area contributed by atoms with Gasteiger partial charge in [-0.1, -0.05) is 27.2 Å². The highest BCUT2D eigenvalue weighted by molar-refractivity contribution is 9.10. The predicted molar refractivity (Wildman–Crippen MR) is 84.9 cm³/mol. The van der Waals surface area contributed by atoms with Crippen molar-refractivity contribution in [2.45, 2.75) is 19.4 Å². The second kappa shape index (κ2) is 5.87. The molecule has 1 fully saturated rings. The molecule has 2 heterocycles. The summed E-state index contributed by atoms with van der Waals surface area (Å²) in [5.74, 6) is 1.30. The van der Waals surface area contributed by atoms with Gasteiger partial charge in [0.1, 0.15) is 0 Å². The molecule has 3 rings (SSSR count). The van der Waals surface area contributed by atoms with Crippen molar-refractivity contribution < 1.29 is 4.52 Å². The number of halogens is 1. The molecule has 1 N–H and O–H groups in total. The molecular weight excluding hydrogens is 332 g/mol. The molecule has 2 aromatic rings. The Hall–Kier alpha value is -1.24. The van der Waals surface area contributed by atoms with E-state index in [1.807, 2.05) is 24.3 Å². The minimum Gasteiger partial charge on any atom is -0.334 e. The lowest BCUT2D eigenvalue weighted by Gasteiger charge is -2.38. The van der Waals surface area contributed by atoms with Crippen molar-refractivity contribution in [2.24, 2.45) is 0 Å². The van der Waals surface area contributed by atoms with Crippen LogP contribution in [0.3, 0.4) is 0 Å². The Kier molecular flexibility index (Phi) is 4.10. The maximum absolute atomic E-state index is 5.46. The Morgan fingerprint density at radius 3 is 2.76 bits per heavy atom. The zero-order valence-corrected chi connectivity index (χ0v) is 13.9. The number of benzene rings is 1. The van der Waals surface area contributed by atoms with Crippen molar-refractivity contribution in [3.05, 3.63) is 34.6 Å². The van der Waals surface area contributed by atoms with Crippen LogP contribution in [0.2, 0.25) is 0 Å². The van der Waals surface area contributed by atoms with E-state index < -0.39 is 0 Å². The van der Waals surface area contributed by atoms with Crippen LogP contribution in [0.5, 0.6) is 0 Å². The van der Waals surface area contributed by atoms with Crippen molar-refractivity contribution >= 4 is 15.9 Å². The third-order valence-electron chi connectivity index (χ3n) is 3.95. The summed E-state index contributed by atoms with van der Waals surface area (Å²) >= 11 is 3.46. The lowest BCUT2D eigenvalue weighted by molar-refractivity contribution is 0.0925. The monoisotopic (exact) mass is 350 g/mol. The number of hydrogen-bond acceptors (Lipinski definition) is 5. The first-order chi connectivity index (χ1) is 10.1. The van der Waals surface area contributed by atoms with E-state index >= 15 is 0 Å². The van der Waals surface area contributed by atoms with Crippen molar-refractivity contribution in [1.82, 2.24) is 20.4 Å².